The van der Waals surface area contributed by atoms with Crippen LogP contribution in [0.15, 0.2) is 66.9 Å². The highest BCUT2D eigenvalue weighted by molar-refractivity contribution is 6.03. The van der Waals surface area contributed by atoms with E-state index < -0.39 is 23.5 Å². The monoisotopic (exact) mass is 677 g/mol. The number of pyridine rings is 1. The molecule has 0 aliphatic rings. The minimum atomic E-state index is -0.763. The molecule has 0 saturated heterocycles. The van der Waals surface area contributed by atoms with Crippen molar-refractivity contribution in [2.24, 2.45) is 0 Å². The van der Waals surface area contributed by atoms with E-state index in [2.05, 4.69) is 20.9 Å². The Balaban J connectivity index is 0.00000409. The second-order valence-electron chi connectivity index (χ2n) is 11.7. The van der Waals surface area contributed by atoms with E-state index in [0.717, 1.165) is 16.7 Å². The van der Waals surface area contributed by atoms with Crippen LogP contribution in [0.25, 0.3) is 11.1 Å². The Hall–Kier alpha value is -4.81. The summed E-state index contributed by atoms with van der Waals surface area (Å²) in [6.45, 7) is 14.4. The van der Waals surface area contributed by atoms with Crippen molar-refractivity contribution in [2.45, 2.75) is 60.6 Å². The summed E-state index contributed by atoms with van der Waals surface area (Å²) in [5.41, 5.74) is 2.84. The van der Waals surface area contributed by atoms with Gasteiger partial charge in [0.15, 0.2) is 5.69 Å². The Kier molecular flexibility index (Phi) is 17.5. The zero-order valence-electron chi connectivity index (χ0n) is 29.8. The van der Waals surface area contributed by atoms with Gasteiger partial charge in [0.05, 0.1) is 32.1 Å². The van der Waals surface area contributed by atoms with Crippen LogP contribution in [-0.4, -0.2) is 85.4 Å². The molecule has 49 heavy (non-hydrogen) atoms. The maximum atomic E-state index is 13.5. The summed E-state index contributed by atoms with van der Waals surface area (Å²) in [5, 5.41) is 8.48. The SMILES string of the molecule is CC.CCOC(=O)CNCCOCCNC(=O)c1ncc(-c2ccccc2)cc1NC(=O)CN(Cc1cccc(C)c1)C(=O)OC(C)(C)C. The molecule has 0 atom stereocenters. The van der Waals surface area contributed by atoms with Gasteiger partial charge < -0.3 is 30.2 Å². The number of nitrogens with zero attached hydrogens (tertiary/aromatic N) is 2. The molecule has 0 spiro atoms. The molecule has 2 aromatic carbocycles. The lowest BCUT2D eigenvalue weighted by atomic mass is 10.1. The zero-order valence-corrected chi connectivity index (χ0v) is 29.8. The average molecular weight is 678 g/mol. The number of hydrogen-bond acceptors (Lipinski definition) is 9. The number of carbonyl (C=O) groups is 4. The lowest BCUT2D eigenvalue weighted by molar-refractivity contribution is -0.142. The van der Waals surface area contributed by atoms with Crippen molar-refractivity contribution in [1.29, 1.82) is 0 Å². The van der Waals surface area contributed by atoms with Crippen LogP contribution in [0.1, 0.15) is 63.2 Å². The predicted molar refractivity (Wildman–Crippen MR) is 190 cm³/mol. The van der Waals surface area contributed by atoms with Crippen LogP contribution in [0.2, 0.25) is 0 Å². The van der Waals surface area contributed by atoms with Gasteiger partial charge in [-0.2, -0.15) is 0 Å². The van der Waals surface area contributed by atoms with Crippen molar-refractivity contribution in [3.8, 4) is 11.1 Å². The Morgan fingerprint density at radius 2 is 1.61 bits per heavy atom. The molecule has 3 N–H and O–H groups in total. The van der Waals surface area contributed by atoms with Crippen molar-refractivity contribution in [2.75, 3.05) is 51.3 Å². The first-order chi connectivity index (χ1) is 23.4. The fourth-order valence-electron chi connectivity index (χ4n) is 4.40. The van der Waals surface area contributed by atoms with E-state index >= 15 is 0 Å². The van der Waals surface area contributed by atoms with Crippen LogP contribution in [0.3, 0.4) is 0 Å². The molecule has 0 fully saturated rings. The fraction of sp³-hybridized carbons (Fsp3) is 0.432. The lowest BCUT2D eigenvalue weighted by Crippen LogP contribution is -2.41. The van der Waals surface area contributed by atoms with E-state index in [-0.39, 0.29) is 50.1 Å². The number of rotatable bonds is 16. The van der Waals surface area contributed by atoms with E-state index in [1.807, 2.05) is 75.4 Å². The highest BCUT2D eigenvalue weighted by atomic mass is 16.6. The average Bonchev–Trinajstić information content (AvgIpc) is 3.06. The molecule has 1 heterocycles. The van der Waals surface area contributed by atoms with Gasteiger partial charge in [0.25, 0.3) is 5.91 Å². The van der Waals surface area contributed by atoms with Crippen LogP contribution >= 0.6 is 0 Å². The number of ether oxygens (including phenoxy) is 3. The second kappa shape index (κ2) is 21.2. The van der Waals surface area contributed by atoms with E-state index in [1.54, 1.807) is 40.0 Å². The third kappa shape index (κ3) is 15.3. The standard InChI is InChI=1S/C35H45N5O7.C2H6/c1-6-46-31(42)22-36-15-17-45-18-16-37-33(43)32-29(20-28(21-38-32)27-13-8-7-9-14-27)39-30(41)24-40(34(44)47-35(3,4)5)23-26-12-10-11-25(2)19-26;1-2/h7-14,19-21,36H,6,15-18,22-24H2,1-5H3,(H,37,43)(H,39,41);1-2H3. The molecule has 3 rings (SSSR count). The molecule has 0 aliphatic carbocycles. The fourth-order valence-corrected chi connectivity index (χ4v) is 4.40. The normalized spacial score (nSPS) is 10.7. The van der Waals surface area contributed by atoms with Gasteiger partial charge in [-0.3, -0.25) is 19.3 Å². The van der Waals surface area contributed by atoms with Gasteiger partial charge >= 0.3 is 12.1 Å². The van der Waals surface area contributed by atoms with E-state index in [4.69, 9.17) is 14.2 Å². The number of nitrogens with one attached hydrogen (secondary N) is 3. The van der Waals surface area contributed by atoms with Crippen LogP contribution in [0.4, 0.5) is 10.5 Å². The smallest absolute Gasteiger partial charge is 0.411 e. The largest absolute Gasteiger partial charge is 0.465 e. The topological polar surface area (TPSA) is 148 Å². The number of carbonyl (C=O) groups excluding carboxylic acids is 4. The molecule has 266 valence electrons. The highest BCUT2D eigenvalue weighted by Crippen LogP contribution is 2.24. The Morgan fingerprint density at radius 1 is 0.898 bits per heavy atom. The maximum Gasteiger partial charge on any atom is 0.411 e. The molecule has 3 aromatic rings. The van der Waals surface area contributed by atoms with Crippen molar-refractivity contribution < 1.29 is 33.4 Å². The van der Waals surface area contributed by atoms with Gasteiger partial charge in [0, 0.05) is 31.4 Å². The summed E-state index contributed by atoms with van der Waals surface area (Å²) in [7, 11) is 0. The summed E-state index contributed by atoms with van der Waals surface area (Å²) in [5.74, 6) is -1.37. The third-order valence-corrected chi connectivity index (χ3v) is 6.46. The summed E-state index contributed by atoms with van der Waals surface area (Å²) in [6, 6.07) is 18.8. The Labute approximate surface area is 289 Å². The van der Waals surface area contributed by atoms with Crippen molar-refractivity contribution in [1.82, 2.24) is 20.5 Å². The van der Waals surface area contributed by atoms with Crippen LogP contribution in [0, 0.1) is 6.92 Å². The number of amides is 3. The molecule has 0 aliphatic heterocycles. The van der Waals surface area contributed by atoms with Gasteiger partial charge in [-0.15, -0.1) is 0 Å². The van der Waals surface area contributed by atoms with E-state index in [9.17, 15) is 19.2 Å². The molecule has 0 saturated carbocycles. The van der Waals surface area contributed by atoms with Gasteiger partial charge in [-0.25, -0.2) is 9.78 Å². The molecule has 3 amide bonds. The van der Waals surface area contributed by atoms with Gasteiger partial charge in [0.2, 0.25) is 5.91 Å². The van der Waals surface area contributed by atoms with Crippen molar-refractivity contribution in [3.05, 3.63) is 83.7 Å². The van der Waals surface area contributed by atoms with E-state index in [1.165, 1.54) is 4.90 Å². The van der Waals surface area contributed by atoms with E-state index in [0.29, 0.717) is 25.3 Å². The molecule has 0 bridgehead atoms. The molecule has 0 radical (unpaired) electrons. The Bertz CT molecular complexity index is 1490. The summed E-state index contributed by atoms with van der Waals surface area (Å²) >= 11 is 0. The summed E-state index contributed by atoms with van der Waals surface area (Å²) in [6.07, 6.45) is 0.926. The predicted octanol–water partition coefficient (Wildman–Crippen LogP) is 5.36. The summed E-state index contributed by atoms with van der Waals surface area (Å²) in [4.78, 5) is 56.9. The molecule has 0 unspecified atom stereocenters. The molecular formula is C37H51N5O7. The lowest BCUT2D eigenvalue weighted by Gasteiger charge is -2.27. The first-order valence-corrected chi connectivity index (χ1v) is 16.6. The van der Waals surface area contributed by atoms with Crippen molar-refractivity contribution >= 4 is 29.6 Å². The third-order valence-electron chi connectivity index (χ3n) is 6.46. The van der Waals surface area contributed by atoms with Crippen molar-refractivity contribution in [3.63, 3.8) is 0 Å². The first-order valence-electron chi connectivity index (χ1n) is 16.6. The van der Waals surface area contributed by atoms with Gasteiger partial charge in [0.1, 0.15) is 12.1 Å². The molecule has 12 heteroatoms. The molecule has 1 aromatic heterocycles. The number of benzene rings is 2. The molecular weight excluding hydrogens is 626 g/mol. The van der Waals surface area contributed by atoms with Gasteiger partial charge in [-0.1, -0.05) is 74.0 Å². The minimum absolute atomic E-state index is 0.0108. The molecule has 12 nitrogen and oxygen atoms in total. The number of anilines is 1. The zero-order chi connectivity index (χ0) is 36.2. The number of aromatic nitrogens is 1. The quantitative estimate of drug-likeness (QED) is 0.135. The number of aryl methyl sites for hydroxylation is 1. The van der Waals surface area contributed by atoms with Crippen LogP contribution in [-0.2, 0) is 30.3 Å². The number of hydrogen-bond donors (Lipinski definition) is 3. The first kappa shape index (κ1) is 40.4. The second-order valence-corrected chi connectivity index (χ2v) is 11.7. The Morgan fingerprint density at radius 3 is 2.29 bits per heavy atom. The highest BCUT2D eigenvalue weighted by Gasteiger charge is 2.25. The van der Waals surface area contributed by atoms with Gasteiger partial charge in [-0.05, 0) is 51.8 Å². The van der Waals surface area contributed by atoms with Crippen LogP contribution in [0.5, 0.6) is 0 Å². The maximum absolute atomic E-state index is 13.5. The summed E-state index contributed by atoms with van der Waals surface area (Å²) < 4.78 is 16.0. The minimum Gasteiger partial charge on any atom is -0.465 e. The number of esters is 1. The van der Waals surface area contributed by atoms with Crippen LogP contribution < -0.4 is 16.0 Å².